The maximum atomic E-state index is 4.44. The molecule has 0 spiro atoms. The molecule has 3 heterocycles. The van der Waals surface area contributed by atoms with Crippen LogP contribution in [0, 0.1) is 0 Å². The summed E-state index contributed by atoms with van der Waals surface area (Å²) in [5.74, 6) is 0.773. The van der Waals surface area contributed by atoms with Crippen molar-refractivity contribution in [1.82, 2.24) is 29.7 Å². The fraction of sp³-hybridized carbons (Fsp3) is 0.0556. The van der Waals surface area contributed by atoms with E-state index in [1.807, 2.05) is 41.0 Å². The van der Waals surface area contributed by atoms with E-state index in [1.54, 1.807) is 18.7 Å². The molecule has 0 atom stereocenters. The first-order valence-corrected chi connectivity index (χ1v) is 9.40. The summed E-state index contributed by atoms with van der Waals surface area (Å²) in [6.07, 6.45) is 6.87. The Morgan fingerprint density at radius 1 is 1.12 bits per heavy atom. The predicted molar refractivity (Wildman–Crippen MR) is 105 cm³/mol. The van der Waals surface area contributed by atoms with Gasteiger partial charge in [0.15, 0.2) is 11.0 Å². The molecule has 0 saturated heterocycles. The highest BCUT2D eigenvalue weighted by atomic mass is 79.9. The molecule has 8 heteroatoms. The number of allylic oxidation sites excluding steroid dienone is 1. The van der Waals surface area contributed by atoms with Crippen molar-refractivity contribution in [3.05, 3.63) is 66.2 Å². The molecule has 128 valence electrons. The van der Waals surface area contributed by atoms with Crippen molar-refractivity contribution < 1.29 is 0 Å². The summed E-state index contributed by atoms with van der Waals surface area (Å²) in [6.45, 7) is 4.45. The molecule has 4 aromatic rings. The van der Waals surface area contributed by atoms with Gasteiger partial charge in [0, 0.05) is 34.4 Å². The van der Waals surface area contributed by atoms with Crippen molar-refractivity contribution in [2.75, 3.05) is 0 Å². The zero-order valence-corrected chi connectivity index (χ0v) is 16.0. The number of rotatable bonds is 5. The van der Waals surface area contributed by atoms with Gasteiger partial charge in [0.05, 0.1) is 5.52 Å². The number of nitrogens with zero attached hydrogens (tertiary/aromatic N) is 6. The fourth-order valence-corrected chi connectivity index (χ4v) is 3.81. The van der Waals surface area contributed by atoms with E-state index < -0.39 is 0 Å². The van der Waals surface area contributed by atoms with Crippen LogP contribution in [-0.2, 0) is 6.54 Å². The molecule has 3 aromatic heterocycles. The van der Waals surface area contributed by atoms with Crippen LogP contribution in [0.15, 0.2) is 76.4 Å². The van der Waals surface area contributed by atoms with Crippen molar-refractivity contribution >= 4 is 38.6 Å². The topological polar surface area (TPSA) is 69.4 Å². The molecule has 0 N–H and O–H groups in total. The lowest BCUT2D eigenvalue weighted by Crippen LogP contribution is -2.01. The summed E-state index contributed by atoms with van der Waals surface area (Å²) in [5.41, 5.74) is 1.84. The zero-order valence-electron chi connectivity index (χ0n) is 13.6. The van der Waals surface area contributed by atoms with Gasteiger partial charge in [0.1, 0.15) is 11.4 Å². The Morgan fingerprint density at radius 3 is 2.77 bits per heavy atom. The summed E-state index contributed by atoms with van der Waals surface area (Å²) < 4.78 is 2.99. The summed E-state index contributed by atoms with van der Waals surface area (Å²) >= 11 is 4.97. The minimum absolute atomic E-state index is 0.597. The minimum atomic E-state index is 0.597. The summed E-state index contributed by atoms with van der Waals surface area (Å²) in [4.78, 5) is 12.8. The molecule has 0 aliphatic carbocycles. The van der Waals surface area contributed by atoms with Crippen molar-refractivity contribution in [2.24, 2.45) is 0 Å². The van der Waals surface area contributed by atoms with Gasteiger partial charge in [-0.25, -0.2) is 9.97 Å². The first-order valence-electron chi connectivity index (χ1n) is 7.79. The number of fused-ring (bicyclic) bond motifs is 1. The second-order valence-electron chi connectivity index (χ2n) is 5.38. The maximum Gasteiger partial charge on any atom is 0.198 e. The molecule has 4 rings (SSSR count). The number of pyridine rings is 1. The Morgan fingerprint density at radius 2 is 1.96 bits per heavy atom. The Hall–Kier alpha value is -2.58. The van der Waals surface area contributed by atoms with E-state index >= 15 is 0 Å². The summed E-state index contributed by atoms with van der Waals surface area (Å²) in [7, 11) is 0. The average Bonchev–Trinajstić information content (AvgIpc) is 3.06. The van der Waals surface area contributed by atoms with Crippen LogP contribution >= 0.6 is 27.7 Å². The van der Waals surface area contributed by atoms with Crippen molar-refractivity contribution in [2.45, 2.75) is 16.7 Å². The summed E-state index contributed by atoms with van der Waals surface area (Å²) in [5, 5.41) is 11.3. The monoisotopic (exact) mass is 424 g/mol. The molecule has 0 fully saturated rings. The lowest BCUT2D eigenvalue weighted by molar-refractivity contribution is 0.730. The minimum Gasteiger partial charge on any atom is -0.298 e. The number of hydrogen-bond donors (Lipinski definition) is 0. The summed E-state index contributed by atoms with van der Waals surface area (Å²) in [6, 6.07) is 9.76. The third-order valence-electron chi connectivity index (χ3n) is 3.72. The van der Waals surface area contributed by atoms with E-state index in [9.17, 15) is 0 Å². The largest absolute Gasteiger partial charge is 0.298 e. The highest BCUT2D eigenvalue weighted by Crippen LogP contribution is 2.33. The lowest BCUT2D eigenvalue weighted by Gasteiger charge is -2.08. The Bertz CT molecular complexity index is 1080. The van der Waals surface area contributed by atoms with E-state index in [-0.39, 0.29) is 0 Å². The predicted octanol–water partition coefficient (Wildman–Crippen LogP) is 4.38. The Balaban J connectivity index is 1.79. The second-order valence-corrected chi connectivity index (χ2v) is 7.26. The van der Waals surface area contributed by atoms with Crippen LogP contribution in [0.1, 0.15) is 0 Å². The highest BCUT2D eigenvalue weighted by molar-refractivity contribution is 9.10. The van der Waals surface area contributed by atoms with E-state index in [0.29, 0.717) is 6.54 Å². The van der Waals surface area contributed by atoms with E-state index in [4.69, 9.17) is 0 Å². The molecule has 1 aromatic carbocycles. The maximum absolute atomic E-state index is 4.44. The molecule has 0 radical (unpaired) electrons. The molecular weight excluding hydrogens is 412 g/mol. The smallest absolute Gasteiger partial charge is 0.198 e. The van der Waals surface area contributed by atoms with E-state index in [0.717, 1.165) is 36.9 Å². The van der Waals surface area contributed by atoms with Crippen LogP contribution in [0.5, 0.6) is 0 Å². The molecule has 0 saturated carbocycles. The molecular formula is C18H13BrN6S. The SMILES string of the molecule is C=CCn1c(Sc2ncnc3ccc(Br)cc23)nnc1-c1ccncc1. The quantitative estimate of drug-likeness (QED) is 0.349. The van der Waals surface area contributed by atoms with Gasteiger partial charge in [0.25, 0.3) is 0 Å². The number of hydrogen-bond acceptors (Lipinski definition) is 6. The van der Waals surface area contributed by atoms with Crippen molar-refractivity contribution in [3.8, 4) is 11.4 Å². The Labute approximate surface area is 162 Å². The van der Waals surface area contributed by atoms with Crippen LogP contribution in [0.4, 0.5) is 0 Å². The highest BCUT2D eigenvalue weighted by Gasteiger charge is 2.16. The van der Waals surface area contributed by atoms with Gasteiger partial charge in [-0.1, -0.05) is 22.0 Å². The molecule has 0 unspecified atom stereocenters. The molecule has 0 bridgehead atoms. The van der Waals surface area contributed by atoms with Crippen LogP contribution in [0.2, 0.25) is 0 Å². The lowest BCUT2D eigenvalue weighted by atomic mass is 10.2. The van der Waals surface area contributed by atoms with Gasteiger partial charge < -0.3 is 0 Å². The van der Waals surface area contributed by atoms with Crippen LogP contribution in [-0.4, -0.2) is 29.7 Å². The van der Waals surface area contributed by atoms with Gasteiger partial charge in [0.2, 0.25) is 0 Å². The molecule has 6 nitrogen and oxygen atoms in total. The van der Waals surface area contributed by atoms with E-state index in [1.165, 1.54) is 11.8 Å². The van der Waals surface area contributed by atoms with Gasteiger partial charge >= 0.3 is 0 Å². The van der Waals surface area contributed by atoms with Gasteiger partial charge in [-0.3, -0.25) is 9.55 Å². The standard InChI is InChI=1S/C18H13BrN6S/c1-2-9-25-16(12-5-7-20-8-6-12)23-24-18(25)26-17-14-10-13(19)3-4-15(14)21-11-22-17/h2-8,10-11H,1,9H2. The fourth-order valence-electron chi connectivity index (χ4n) is 2.55. The van der Waals surface area contributed by atoms with E-state index in [2.05, 4.69) is 47.7 Å². The second kappa shape index (κ2) is 7.35. The number of benzene rings is 1. The Kier molecular flexibility index (Phi) is 4.77. The van der Waals surface area contributed by atoms with Crippen molar-refractivity contribution in [1.29, 1.82) is 0 Å². The van der Waals surface area contributed by atoms with Crippen LogP contribution in [0.25, 0.3) is 22.3 Å². The van der Waals surface area contributed by atoms with Crippen LogP contribution in [0.3, 0.4) is 0 Å². The molecule has 0 aliphatic heterocycles. The number of halogens is 1. The third kappa shape index (κ3) is 3.25. The zero-order chi connectivity index (χ0) is 17.9. The number of aromatic nitrogens is 6. The molecule has 0 aliphatic rings. The first-order chi connectivity index (χ1) is 12.8. The molecule has 0 amide bonds. The average molecular weight is 425 g/mol. The van der Waals surface area contributed by atoms with Gasteiger partial charge in [-0.15, -0.1) is 16.8 Å². The third-order valence-corrected chi connectivity index (χ3v) is 5.21. The molecule has 26 heavy (non-hydrogen) atoms. The van der Waals surface area contributed by atoms with Gasteiger partial charge in [-0.05, 0) is 42.1 Å². The first kappa shape index (κ1) is 16.9. The van der Waals surface area contributed by atoms with Crippen LogP contribution < -0.4 is 0 Å². The van der Waals surface area contributed by atoms with Gasteiger partial charge in [-0.2, -0.15) is 0 Å². The normalized spacial score (nSPS) is 11.0. The van der Waals surface area contributed by atoms with Crippen molar-refractivity contribution in [3.63, 3.8) is 0 Å².